The van der Waals surface area contributed by atoms with Gasteiger partial charge in [-0.15, -0.1) is 0 Å². The molecule has 3 N–H and O–H groups in total. The zero-order valence-corrected chi connectivity index (χ0v) is 14.2. The molecule has 0 aliphatic carbocycles. The third-order valence-electron chi connectivity index (χ3n) is 4.64. The van der Waals surface area contributed by atoms with Gasteiger partial charge in [-0.3, -0.25) is 4.79 Å². The molecule has 0 radical (unpaired) electrons. The van der Waals surface area contributed by atoms with Crippen LogP contribution in [-0.4, -0.2) is 19.0 Å². The van der Waals surface area contributed by atoms with E-state index < -0.39 is 0 Å². The first kappa shape index (κ1) is 16.4. The van der Waals surface area contributed by atoms with Crippen LogP contribution in [0.1, 0.15) is 25.3 Å². The zero-order valence-electron chi connectivity index (χ0n) is 14.2. The highest BCUT2D eigenvalue weighted by molar-refractivity contribution is 5.92. The highest BCUT2D eigenvalue weighted by Crippen LogP contribution is 2.24. The molecule has 4 nitrogen and oxygen atoms in total. The van der Waals surface area contributed by atoms with Crippen molar-refractivity contribution in [3.05, 3.63) is 54.1 Å². The normalized spacial score (nSPS) is 15.3. The van der Waals surface area contributed by atoms with Gasteiger partial charge in [-0.2, -0.15) is 0 Å². The molecule has 0 bridgehead atoms. The van der Waals surface area contributed by atoms with E-state index in [0.29, 0.717) is 12.1 Å². The summed E-state index contributed by atoms with van der Waals surface area (Å²) in [6.45, 7) is 4.55. The molecule has 0 unspecified atom stereocenters. The van der Waals surface area contributed by atoms with Gasteiger partial charge in [0.1, 0.15) is 0 Å². The fourth-order valence-electron chi connectivity index (χ4n) is 3.05. The van der Waals surface area contributed by atoms with Crippen LogP contribution in [0.3, 0.4) is 0 Å². The second-order valence-electron chi connectivity index (χ2n) is 6.68. The molecule has 0 aromatic heterocycles. The number of nitrogens with one attached hydrogen (secondary N) is 1. The van der Waals surface area contributed by atoms with Crippen molar-refractivity contribution in [2.75, 3.05) is 29.0 Å². The zero-order chi connectivity index (χ0) is 16.9. The first-order valence-corrected chi connectivity index (χ1v) is 8.59. The second-order valence-corrected chi connectivity index (χ2v) is 6.68. The van der Waals surface area contributed by atoms with Gasteiger partial charge in [-0.1, -0.05) is 19.1 Å². The van der Waals surface area contributed by atoms with E-state index in [-0.39, 0.29) is 5.91 Å². The Hall–Kier alpha value is -2.49. The summed E-state index contributed by atoms with van der Waals surface area (Å²) >= 11 is 0. The van der Waals surface area contributed by atoms with Crippen LogP contribution in [0.4, 0.5) is 17.1 Å². The van der Waals surface area contributed by atoms with Crippen LogP contribution in [-0.2, 0) is 11.2 Å². The molecule has 126 valence electrons. The van der Waals surface area contributed by atoms with Gasteiger partial charge in [0, 0.05) is 30.2 Å². The van der Waals surface area contributed by atoms with Crippen molar-refractivity contribution in [3.8, 4) is 0 Å². The maximum Gasteiger partial charge on any atom is 0.228 e. The molecule has 1 amide bonds. The molecule has 24 heavy (non-hydrogen) atoms. The van der Waals surface area contributed by atoms with E-state index in [1.165, 1.54) is 18.5 Å². The van der Waals surface area contributed by atoms with E-state index in [2.05, 4.69) is 29.3 Å². The number of nitrogen functional groups attached to an aromatic ring is 1. The molecule has 1 heterocycles. The quantitative estimate of drug-likeness (QED) is 0.844. The molecule has 1 saturated heterocycles. The molecule has 0 saturated carbocycles. The number of amides is 1. The molecule has 1 aliphatic heterocycles. The Morgan fingerprint density at radius 1 is 1.08 bits per heavy atom. The van der Waals surface area contributed by atoms with Crippen LogP contribution in [0.2, 0.25) is 0 Å². The summed E-state index contributed by atoms with van der Waals surface area (Å²) in [5.74, 6) is 0.812. The van der Waals surface area contributed by atoms with Crippen molar-refractivity contribution in [3.63, 3.8) is 0 Å². The van der Waals surface area contributed by atoms with Gasteiger partial charge < -0.3 is 16.0 Å². The van der Waals surface area contributed by atoms with Crippen LogP contribution in [0.15, 0.2) is 48.5 Å². The Labute approximate surface area is 143 Å². The average molecular weight is 323 g/mol. The Morgan fingerprint density at radius 2 is 1.71 bits per heavy atom. The lowest BCUT2D eigenvalue weighted by Gasteiger charge is -2.32. The van der Waals surface area contributed by atoms with Crippen LogP contribution in [0.25, 0.3) is 0 Å². The van der Waals surface area contributed by atoms with Gasteiger partial charge in [0.2, 0.25) is 5.91 Å². The molecule has 0 spiro atoms. The first-order chi connectivity index (χ1) is 11.6. The predicted octanol–water partition coefficient (Wildman–Crippen LogP) is 3.69. The number of piperidine rings is 1. The summed E-state index contributed by atoms with van der Waals surface area (Å²) in [6.07, 6.45) is 2.85. The predicted molar refractivity (Wildman–Crippen MR) is 100 cm³/mol. The van der Waals surface area contributed by atoms with E-state index in [0.717, 1.165) is 30.3 Å². The number of hydrogen-bond acceptors (Lipinski definition) is 3. The minimum atomic E-state index is -0.0145. The van der Waals surface area contributed by atoms with Crippen molar-refractivity contribution in [2.24, 2.45) is 5.92 Å². The number of carbonyl (C=O) groups is 1. The third-order valence-corrected chi connectivity index (χ3v) is 4.64. The fourth-order valence-corrected chi connectivity index (χ4v) is 3.05. The van der Waals surface area contributed by atoms with E-state index in [9.17, 15) is 4.79 Å². The maximum absolute atomic E-state index is 12.1. The number of carbonyl (C=O) groups excluding carboxylic acids is 1. The van der Waals surface area contributed by atoms with E-state index in [4.69, 9.17) is 5.73 Å². The summed E-state index contributed by atoms with van der Waals surface area (Å²) in [6, 6.07) is 15.5. The first-order valence-electron chi connectivity index (χ1n) is 8.59. The Morgan fingerprint density at radius 3 is 2.33 bits per heavy atom. The van der Waals surface area contributed by atoms with Gasteiger partial charge in [-0.05, 0) is 60.7 Å². The minimum Gasteiger partial charge on any atom is -0.399 e. The summed E-state index contributed by atoms with van der Waals surface area (Å²) in [4.78, 5) is 14.6. The summed E-state index contributed by atoms with van der Waals surface area (Å²) in [5, 5.41) is 2.95. The number of anilines is 3. The Bertz CT molecular complexity index is 671. The molecule has 1 aliphatic rings. The topological polar surface area (TPSA) is 58.4 Å². The lowest BCUT2D eigenvalue weighted by molar-refractivity contribution is -0.115. The lowest BCUT2D eigenvalue weighted by atomic mass is 9.99. The minimum absolute atomic E-state index is 0.0145. The van der Waals surface area contributed by atoms with Gasteiger partial charge >= 0.3 is 0 Å². The Kier molecular flexibility index (Phi) is 5.04. The van der Waals surface area contributed by atoms with E-state index in [1.807, 2.05) is 36.4 Å². The van der Waals surface area contributed by atoms with Crippen LogP contribution >= 0.6 is 0 Å². The highest BCUT2D eigenvalue weighted by Gasteiger charge is 2.15. The van der Waals surface area contributed by atoms with Gasteiger partial charge in [-0.25, -0.2) is 0 Å². The van der Waals surface area contributed by atoms with Crippen LogP contribution < -0.4 is 16.0 Å². The second kappa shape index (κ2) is 7.39. The van der Waals surface area contributed by atoms with E-state index >= 15 is 0 Å². The summed E-state index contributed by atoms with van der Waals surface area (Å²) in [7, 11) is 0. The lowest BCUT2D eigenvalue weighted by Crippen LogP contribution is -2.32. The van der Waals surface area contributed by atoms with Crippen molar-refractivity contribution in [1.29, 1.82) is 0 Å². The van der Waals surface area contributed by atoms with Crippen LogP contribution in [0.5, 0.6) is 0 Å². The molecule has 3 rings (SSSR count). The fraction of sp³-hybridized carbons (Fsp3) is 0.350. The van der Waals surface area contributed by atoms with Crippen molar-refractivity contribution in [2.45, 2.75) is 26.2 Å². The number of benzene rings is 2. The smallest absolute Gasteiger partial charge is 0.228 e. The SMILES string of the molecule is CC1CCN(c2ccc(NC(=O)Cc3ccc(N)cc3)cc2)CC1. The van der Waals surface area contributed by atoms with Gasteiger partial charge in [0.05, 0.1) is 6.42 Å². The number of rotatable bonds is 4. The standard InChI is InChI=1S/C20H25N3O/c1-15-10-12-23(13-11-15)19-8-6-18(7-9-19)22-20(24)14-16-2-4-17(21)5-3-16/h2-9,15H,10-14,21H2,1H3,(H,22,24). The molecule has 0 atom stereocenters. The Balaban J connectivity index is 1.55. The van der Waals surface area contributed by atoms with Crippen molar-refractivity contribution < 1.29 is 4.79 Å². The number of hydrogen-bond donors (Lipinski definition) is 2. The van der Waals surface area contributed by atoms with Gasteiger partial charge in [0.15, 0.2) is 0 Å². The molecular formula is C20H25N3O. The number of nitrogens with two attached hydrogens (primary N) is 1. The average Bonchev–Trinajstić information content (AvgIpc) is 2.58. The summed E-state index contributed by atoms with van der Waals surface area (Å²) < 4.78 is 0. The molecule has 4 heteroatoms. The molecule has 2 aromatic rings. The van der Waals surface area contributed by atoms with E-state index in [1.54, 1.807) is 0 Å². The van der Waals surface area contributed by atoms with Crippen molar-refractivity contribution in [1.82, 2.24) is 0 Å². The van der Waals surface area contributed by atoms with Gasteiger partial charge in [0.25, 0.3) is 0 Å². The monoisotopic (exact) mass is 323 g/mol. The maximum atomic E-state index is 12.1. The molecule has 2 aromatic carbocycles. The number of nitrogens with zero attached hydrogens (tertiary/aromatic N) is 1. The molecule has 1 fully saturated rings. The summed E-state index contributed by atoms with van der Waals surface area (Å²) in [5.41, 5.74) is 9.40. The third kappa shape index (κ3) is 4.28. The molecular weight excluding hydrogens is 298 g/mol. The largest absolute Gasteiger partial charge is 0.399 e. The highest BCUT2D eigenvalue weighted by atomic mass is 16.1. The van der Waals surface area contributed by atoms with Crippen molar-refractivity contribution >= 4 is 23.0 Å². The van der Waals surface area contributed by atoms with Crippen LogP contribution in [0, 0.1) is 5.92 Å².